The molecule has 0 spiro atoms. The first-order valence-corrected chi connectivity index (χ1v) is 8.03. The number of carbonyl (C=O) groups excluding carboxylic acids is 1. The Balaban J connectivity index is 1.79. The average molecular weight is 303 g/mol. The molecule has 2 aromatic rings. The topological polar surface area (TPSA) is 29.1 Å². The van der Waals surface area contributed by atoms with Crippen LogP contribution in [0.15, 0.2) is 24.3 Å². The molecule has 1 amide bonds. The predicted octanol–water partition coefficient (Wildman–Crippen LogP) is 4.57. The number of rotatable bonds is 2. The van der Waals surface area contributed by atoms with Crippen molar-refractivity contribution < 1.29 is 9.18 Å². The minimum atomic E-state index is -0.390. The second-order valence-electron chi connectivity index (χ2n) is 5.84. The van der Waals surface area contributed by atoms with E-state index < -0.39 is 5.82 Å². The molecule has 1 N–H and O–H groups in total. The molecule has 21 heavy (non-hydrogen) atoms. The summed E-state index contributed by atoms with van der Waals surface area (Å²) in [5.41, 5.74) is 2.37. The van der Waals surface area contributed by atoms with Crippen molar-refractivity contribution in [3.8, 4) is 0 Å². The van der Waals surface area contributed by atoms with Gasteiger partial charge in [-0.1, -0.05) is 13.0 Å². The number of benzene rings is 1. The predicted molar refractivity (Wildman–Crippen MR) is 84.6 cm³/mol. The summed E-state index contributed by atoms with van der Waals surface area (Å²) >= 11 is 1.54. The Morgan fingerprint density at radius 2 is 2.19 bits per heavy atom. The summed E-state index contributed by atoms with van der Waals surface area (Å²) in [5.74, 6) is 0.0700. The fourth-order valence-corrected chi connectivity index (χ4v) is 3.83. The molecule has 110 valence electrons. The molecule has 1 aliphatic rings. The fraction of sp³-hybridized carbons (Fsp3) is 0.353. The third-order valence-corrected chi connectivity index (χ3v) is 5.16. The van der Waals surface area contributed by atoms with Gasteiger partial charge in [-0.15, -0.1) is 11.3 Å². The summed E-state index contributed by atoms with van der Waals surface area (Å²) in [4.78, 5) is 14.3. The molecule has 0 radical (unpaired) electrons. The van der Waals surface area contributed by atoms with Gasteiger partial charge in [-0.2, -0.15) is 0 Å². The van der Waals surface area contributed by atoms with E-state index in [1.54, 1.807) is 12.1 Å². The van der Waals surface area contributed by atoms with Gasteiger partial charge in [0.15, 0.2) is 0 Å². The second-order valence-corrected chi connectivity index (χ2v) is 6.98. The van der Waals surface area contributed by atoms with E-state index in [0.717, 1.165) is 18.4 Å². The van der Waals surface area contributed by atoms with Crippen LogP contribution in [0.2, 0.25) is 0 Å². The molecule has 0 saturated heterocycles. The van der Waals surface area contributed by atoms with Gasteiger partial charge in [-0.05, 0) is 61.4 Å². The maximum absolute atomic E-state index is 13.8. The monoisotopic (exact) mass is 303 g/mol. The quantitative estimate of drug-likeness (QED) is 0.865. The van der Waals surface area contributed by atoms with Crippen LogP contribution in [0, 0.1) is 18.7 Å². The Labute approximate surface area is 128 Å². The molecule has 1 atom stereocenters. The molecule has 3 rings (SSSR count). The first-order chi connectivity index (χ1) is 10.0. The molecule has 1 aromatic heterocycles. The van der Waals surface area contributed by atoms with Crippen LogP contribution in [0.1, 0.15) is 39.0 Å². The molecule has 0 aliphatic heterocycles. The van der Waals surface area contributed by atoms with Gasteiger partial charge in [0.1, 0.15) is 5.82 Å². The zero-order valence-corrected chi connectivity index (χ0v) is 13.0. The van der Waals surface area contributed by atoms with Gasteiger partial charge in [-0.3, -0.25) is 4.79 Å². The fourth-order valence-electron chi connectivity index (χ4n) is 2.72. The van der Waals surface area contributed by atoms with Gasteiger partial charge in [0.05, 0.1) is 10.6 Å². The van der Waals surface area contributed by atoms with Crippen molar-refractivity contribution in [2.75, 3.05) is 5.32 Å². The molecule has 4 heteroatoms. The second kappa shape index (κ2) is 5.60. The summed E-state index contributed by atoms with van der Waals surface area (Å²) in [6, 6.07) is 6.80. The van der Waals surface area contributed by atoms with Crippen LogP contribution in [0.3, 0.4) is 0 Å². The molecule has 1 aromatic carbocycles. The van der Waals surface area contributed by atoms with Crippen molar-refractivity contribution >= 4 is 22.9 Å². The number of aryl methyl sites for hydroxylation is 2. The van der Waals surface area contributed by atoms with Crippen molar-refractivity contribution in [2.45, 2.75) is 33.1 Å². The Hall–Kier alpha value is -1.68. The zero-order valence-electron chi connectivity index (χ0n) is 12.2. The lowest BCUT2D eigenvalue weighted by molar-refractivity contribution is 0.103. The van der Waals surface area contributed by atoms with E-state index in [4.69, 9.17) is 0 Å². The molecule has 0 bridgehead atoms. The third-order valence-electron chi connectivity index (χ3n) is 3.93. The Bertz CT molecular complexity index is 692. The van der Waals surface area contributed by atoms with Crippen molar-refractivity contribution in [2.24, 2.45) is 5.92 Å². The van der Waals surface area contributed by atoms with Crippen LogP contribution in [0.25, 0.3) is 0 Å². The number of hydrogen-bond acceptors (Lipinski definition) is 2. The van der Waals surface area contributed by atoms with E-state index in [1.165, 1.54) is 34.3 Å². The van der Waals surface area contributed by atoms with Crippen LogP contribution in [0.5, 0.6) is 0 Å². The van der Waals surface area contributed by atoms with E-state index in [9.17, 15) is 9.18 Å². The lowest BCUT2D eigenvalue weighted by Crippen LogP contribution is -2.11. The van der Waals surface area contributed by atoms with Crippen LogP contribution >= 0.6 is 11.3 Å². The van der Waals surface area contributed by atoms with E-state index in [0.29, 0.717) is 10.8 Å². The van der Waals surface area contributed by atoms with Gasteiger partial charge in [-0.25, -0.2) is 4.39 Å². The van der Waals surface area contributed by atoms with Gasteiger partial charge in [0, 0.05) is 4.88 Å². The minimum Gasteiger partial charge on any atom is -0.319 e. The highest BCUT2D eigenvalue weighted by Gasteiger charge is 2.21. The van der Waals surface area contributed by atoms with Crippen molar-refractivity contribution in [3.05, 3.63) is 51.0 Å². The van der Waals surface area contributed by atoms with Gasteiger partial charge >= 0.3 is 0 Å². The Morgan fingerprint density at radius 3 is 2.95 bits per heavy atom. The molecule has 1 unspecified atom stereocenters. The number of thiophene rings is 1. The number of anilines is 1. The first-order valence-electron chi connectivity index (χ1n) is 7.22. The standard InChI is InChI=1S/C17H18FNOS/c1-10-4-6-15-12(7-10)9-16(21-15)17(20)19-14-5-3-11(2)8-13(14)18/h3,5,8-10H,4,6-7H2,1-2H3,(H,19,20). The number of carbonyl (C=O) groups is 1. The molecule has 1 heterocycles. The van der Waals surface area contributed by atoms with Crippen LogP contribution < -0.4 is 5.32 Å². The normalized spacial score (nSPS) is 17.4. The maximum Gasteiger partial charge on any atom is 0.265 e. The zero-order chi connectivity index (χ0) is 15.0. The number of nitrogens with one attached hydrogen (secondary N) is 1. The summed E-state index contributed by atoms with van der Waals surface area (Å²) in [6.07, 6.45) is 3.27. The molecular formula is C17H18FNOS. The van der Waals surface area contributed by atoms with E-state index in [-0.39, 0.29) is 11.6 Å². The Kier molecular flexibility index (Phi) is 3.81. The molecule has 1 aliphatic carbocycles. The van der Waals surface area contributed by atoms with Crippen LogP contribution in [-0.4, -0.2) is 5.91 Å². The summed E-state index contributed by atoms with van der Waals surface area (Å²) < 4.78 is 13.8. The number of hydrogen-bond donors (Lipinski definition) is 1. The minimum absolute atomic E-state index is 0.218. The molecular weight excluding hydrogens is 285 g/mol. The highest BCUT2D eigenvalue weighted by atomic mass is 32.1. The van der Waals surface area contributed by atoms with Crippen molar-refractivity contribution in [1.29, 1.82) is 0 Å². The number of halogens is 1. The molecule has 2 nitrogen and oxygen atoms in total. The van der Waals surface area contributed by atoms with Gasteiger partial charge in [0.2, 0.25) is 0 Å². The van der Waals surface area contributed by atoms with Crippen LogP contribution in [0.4, 0.5) is 10.1 Å². The van der Waals surface area contributed by atoms with Crippen LogP contribution in [-0.2, 0) is 12.8 Å². The van der Waals surface area contributed by atoms with E-state index in [2.05, 4.69) is 12.2 Å². The third kappa shape index (κ3) is 3.00. The van der Waals surface area contributed by atoms with E-state index in [1.807, 2.05) is 13.0 Å². The molecule has 0 fully saturated rings. The average Bonchev–Trinajstić information content (AvgIpc) is 2.85. The lowest BCUT2D eigenvalue weighted by Gasteiger charge is -2.16. The smallest absolute Gasteiger partial charge is 0.265 e. The first kappa shape index (κ1) is 14.3. The lowest BCUT2D eigenvalue weighted by atomic mass is 9.90. The highest BCUT2D eigenvalue weighted by molar-refractivity contribution is 7.14. The van der Waals surface area contributed by atoms with Crippen molar-refractivity contribution in [1.82, 2.24) is 0 Å². The summed E-state index contributed by atoms with van der Waals surface area (Å²) in [7, 11) is 0. The Morgan fingerprint density at radius 1 is 1.38 bits per heavy atom. The SMILES string of the molecule is Cc1ccc(NC(=O)c2cc3c(s2)CCC(C)C3)c(F)c1. The highest BCUT2D eigenvalue weighted by Crippen LogP contribution is 2.32. The number of amides is 1. The summed E-state index contributed by atoms with van der Waals surface area (Å²) in [6.45, 7) is 4.06. The number of fused-ring (bicyclic) bond motifs is 1. The van der Waals surface area contributed by atoms with Crippen molar-refractivity contribution in [3.63, 3.8) is 0 Å². The van der Waals surface area contributed by atoms with Gasteiger partial charge in [0.25, 0.3) is 5.91 Å². The maximum atomic E-state index is 13.8. The molecule has 0 saturated carbocycles. The largest absolute Gasteiger partial charge is 0.319 e. The van der Waals surface area contributed by atoms with Gasteiger partial charge < -0.3 is 5.32 Å². The summed E-state index contributed by atoms with van der Waals surface area (Å²) in [5, 5.41) is 2.67. The van der Waals surface area contributed by atoms with E-state index >= 15 is 0 Å².